The third kappa shape index (κ3) is 2.32. The molecule has 0 spiro atoms. The van der Waals surface area contributed by atoms with Crippen molar-refractivity contribution in [2.24, 2.45) is 0 Å². The van der Waals surface area contributed by atoms with Crippen LogP contribution in [0.3, 0.4) is 0 Å². The average molecular weight is 267 g/mol. The molecule has 1 aromatic carbocycles. The van der Waals surface area contributed by atoms with Crippen molar-refractivity contribution in [1.82, 2.24) is 4.90 Å². The summed E-state index contributed by atoms with van der Waals surface area (Å²) in [6.45, 7) is 0.850. The minimum atomic E-state index is 0.0189. The monoisotopic (exact) mass is 267 g/mol. The molecule has 1 aliphatic rings. The van der Waals surface area contributed by atoms with Crippen LogP contribution in [-0.2, 0) is 0 Å². The molecule has 0 atom stereocenters. The van der Waals surface area contributed by atoms with Gasteiger partial charge in [-0.2, -0.15) is 0 Å². The van der Waals surface area contributed by atoms with E-state index in [1.807, 2.05) is 32.3 Å². The quantitative estimate of drug-likeness (QED) is 0.857. The number of benzene rings is 1. The lowest BCUT2D eigenvalue weighted by atomic mass is 10.1. The van der Waals surface area contributed by atoms with Crippen LogP contribution in [0, 0.1) is 0 Å². The van der Waals surface area contributed by atoms with Gasteiger partial charge in [0.25, 0.3) is 0 Å². The van der Waals surface area contributed by atoms with Crippen LogP contribution < -0.4 is 5.43 Å². The van der Waals surface area contributed by atoms with Crippen molar-refractivity contribution in [3.63, 3.8) is 0 Å². The topological polar surface area (TPSA) is 33.5 Å². The smallest absolute Gasteiger partial charge is 0.193 e. The van der Waals surface area contributed by atoms with E-state index >= 15 is 0 Å². The fourth-order valence-electron chi connectivity index (χ4n) is 2.55. The molecule has 3 heteroatoms. The standard InChI is InChI=1S/C17H17NO2/c1-18(2)11-12-6-5-8-13(12)17-10-15(19)14-7-3-4-9-16(14)20-17/h3-7,9-10H,8,11H2,1-2H3. The number of likely N-dealkylation sites (N-methyl/N-ethyl adjacent to an activating group) is 1. The first-order valence-electron chi connectivity index (χ1n) is 6.72. The Bertz CT molecular complexity index is 766. The van der Waals surface area contributed by atoms with E-state index in [1.54, 1.807) is 12.1 Å². The molecule has 0 amide bonds. The van der Waals surface area contributed by atoms with Crippen LogP contribution in [0.5, 0.6) is 0 Å². The molecule has 0 saturated carbocycles. The van der Waals surface area contributed by atoms with E-state index in [0.29, 0.717) is 16.7 Å². The molecule has 0 aliphatic heterocycles. The second-order valence-electron chi connectivity index (χ2n) is 5.32. The number of allylic oxidation sites excluding steroid dienone is 2. The zero-order valence-electron chi connectivity index (χ0n) is 11.7. The summed E-state index contributed by atoms with van der Waals surface area (Å²) in [6.07, 6.45) is 5.05. The minimum Gasteiger partial charge on any atom is -0.456 e. The van der Waals surface area contributed by atoms with E-state index in [1.165, 1.54) is 5.57 Å². The zero-order chi connectivity index (χ0) is 14.1. The average Bonchev–Trinajstić information content (AvgIpc) is 2.86. The second kappa shape index (κ2) is 5.10. The first kappa shape index (κ1) is 12.9. The van der Waals surface area contributed by atoms with Crippen LogP contribution in [0.2, 0.25) is 0 Å². The van der Waals surface area contributed by atoms with E-state index in [-0.39, 0.29) is 5.43 Å². The summed E-state index contributed by atoms with van der Waals surface area (Å²) in [6, 6.07) is 8.99. The van der Waals surface area contributed by atoms with Crippen LogP contribution in [0.4, 0.5) is 0 Å². The first-order chi connectivity index (χ1) is 9.65. The van der Waals surface area contributed by atoms with Gasteiger partial charge in [-0.15, -0.1) is 0 Å². The van der Waals surface area contributed by atoms with Gasteiger partial charge in [-0.05, 0) is 38.2 Å². The summed E-state index contributed by atoms with van der Waals surface area (Å²) in [5.41, 5.74) is 3.00. The highest BCUT2D eigenvalue weighted by atomic mass is 16.3. The van der Waals surface area contributed by atoms with E-state index in [4.69, 9.17) is 4.42 Å². The molecule has 1 aromatic heterocycles. The van der Waals surface area contributed by atoms with E-state index in [9.17, 15) is 4.79 Å². The molecule has 0 fully saturated rings. The number of hydrogen-bond donors (Lipinski definition) is 0. The number of hydrogen-bond acceptors (Lipinski definition) is 3. The normalized spacial score (nSPS) is 14.8. The predicted octanol–water partition coefficient (Wildman–Crippen LogP) is 3.07. The Hall–Kier alpha value is -2.13. The minimum absolute atomic E-state index is 0.0189. The van der Waals surface area contributed by atoms with Crippen molar-refractivity contribution in [3.05, 3.63) is 64.0 Å². The lowest BCUT2D eigenvalue weighted by Gasteiger charge is -2.12. The highest BCUT2D eigenvalue weighted by Crippen LogP contribution is 2.29. The maximum Gasteiger partial charge on any atom is 0.193 e. The van der Waals surface area contributed by atoms with E-state index in [0.717, 1.165) is 18.5 Å². The van der Waals surface area contributed by atoms with Crippen LogP contribution in [-0.4, -0.2) is 25.5 Å². The molecule has 1 heterocycles. The number of rotatable bonds is 3. The number of fused-ring (bicyclic) bond motifs is 1. The second-order valence-corrected chi connectivity index (χ2v) is 5.32. The van der Waals surface area contributed by atoms with Gasteiger partial charge in [0.2, 0.25) is 0 Å². The van der Waals surface area contributed by atoms with Crippen molar-refractivity contribution in [2.45, 2.75) is 6.42 Å². The molecular weight excluding hydrogens is 250 g/mol. The van der Waals surface area contributed by atoms with Gasteiger partial charge in [0.15, 0.2) is 5.43 Å². The summed E-state index contributed by atoms with van der Waals surface area (Å²) in [5.74, 6) is 0.690. The Balaban J connectivity index is 2.13. The van der Waals surface area contributed by atoms with Crippen molar-refractivity contribution < 1.29 is 4.42 Å². The number of para-hydroxylation sites is 1. The van der Waals surface area contributed by atoms with Gasteiger partial charge in [-0.1, -0.05) is 24.3 Å². The zero-order valence-corrected chi connectivity index (χ0v) is 11.7. The summed E-state index contributed by atoms with van der Waals surface area (Å²) in [4.78, 5) is 14.3. The maximum atomic E-state index is 12.2. The van der Waals surface area contributed by atoms with Gasteiger partial charge in [0.05, 0.1) is 5.39 Å². The summed E-state index contributed by atoms with van der Waals surface area (Å²) in [5, 5.41) is 0.636. The van der Waals surface area contributed by atoms with Crippen molar-refractivity contribution in [1.29, 1.82) is 0 Å². The molecule has 0 bridgehead atoms. The van der Waals surface area contributed by atoms with Gasteiger partial charge in [-0.25, -0.2) is 0 Å². The summed E-state index contributed by atoms with van der Waals surface area (Å²) >= 11 is 0. The molecule has 3 rings (SSSR count). The summed E-state index contributed by atoms with van der Waals surface area (Å²) < 4.78 is 5.92. The van der Waals surface area contributed by atoms with Crippen LogP contribution in [0.1, 0.15) is 12.2 Å². The highest BCUT2D eigenvalue weighted by molar-refractivity contribution is 5.80. The van der Waals surface area contributed by atoms with Crippen molar-refractivity contribution >= 4 is 16.5 Å². The molecule has 0 radical (unpaired) electrons. The Kier molecular flexibility index (Phi) is 3.28. The van der Waals surface area contributed by atoms with Gasteiger partial charge in [0.1, 0.15) is 11.3 Å². The Morgan fingerprint density at radius 1 is 1.25 bits per heavy atom. The SMILES string of the molecule is CN(C)CC1=C(c2cc(=O)c3ccccc3o2)CC=C1. The Morgan fingerprint density at radius 3 is 2.85 bits per heavy atom. The van der Waals surface area contributed by atoms with Gasteiger partial charge < -0.3 is 9.32 Å². The Morgan fingerprint density at radius 2 is 2.05 bits per heavy atom. The van der Waals surface area contributed by atoms with Crippen LogP contribution in [0.15, 0.2) is 57.3 Å². The summed E-state index contributed by atoms with van der Waals surface area (Å²) in [7, 11) is 4.07. The van der Waals surface area contributed by atoms with E-state index in [2.05, 4.69) is 17.1 Å². The van der Waals surface area contributed by atoms with Crippen molar-refractivity contribution in [2.75, 3.05) is 20.6 Å². The molecular formula is C17H17NO2. The molecule has 0 N–H and O–H groups in total. The molecule has 1 aliphatic carbocycles. The molecule has 2 aromatic rings. The van der Waals surface area contributed by atoms with Gasteiger partial charge >= 0.3 is 0 Å². The Labute approximate surface area is 117 Å². The molecule has 0 saturated heterocycles. The predicted molar refractivity (Wildman–Crippen MR) is 81.7 cm³/mol. The maximum absolute atomic E-state index is 12.2. The highest BCUT2D eigenvalue weighted by Gasteiger charge is 2.15. The lowest BCUT2D eigenvalue weighted by molar-refractivity contribution is 0.449. The lowest BCUT2D eigenvalue weighted by Crippen LogP contribution is -2.14. The third-order valence-electron chi connectivity index (χ3n) is 3.45. The fraction of sp³-hybridized carbons (Fsp3) is 0.235. The van der Waals surface area contributed by atoms with Crippen molar-refractivity contribution in [3.8, 4) is 0 Å². The molecule has 102 valence electrons. The third-order valence-corrected chi connectivity index (χ3v) is 3.45. The number of nitrogens with zero attached hydrogens (tertiary/aromatic N) is 1. The fourth-order valence-corrected chi connectivity index (χ4v) is 2.55. The van der Waals surface area contributed by atoms with Gasteiger partial charge in [0, 0.05) is 18.2 Å². The molecule has 3 nitrogen and oxygen atoms in total. The van der Waals surface area contributed by atoms with Crippen LogP contribution >= 0.6 is 0 Å². The largest absolute Gasteiger partial charge is 0.456 e. The molecule has 20 heavy (non-hydrogen) atoms. The van der Waals surface area contributed by atoms with Crippen LogP contribution in [0.25, 0.3) is 16.5 Å². The molecule has 0 unspecified atom stereocenters. The van der Waals surface area contributed by atoms with E-state index < -0.39 is 0 Å². The first-order valence-corrected chi connectivity index (χ1v) is 6.72. The van der Waals surface area contributed by atoms with Gasteiger partial charge in [-0.3, -0.25) is 4.79 Å².